The van der Waals surface area contributed by atoms with Crippen molar-refractivity contribution in [2.24, 2.45) is 0 Å². The molecule has 12 aromatic rings. The Balaban J connectivity index is 0.705. The SMILES string of the molecule is CC(C)n1c(=O)[nH]c(=O)c2c1nc(N1CCN(Cc3ccc(C(C)(C)C)cc3)CC1)n2Cc1cccc(CCCn2c(=O)[nH]c(=O)c3c2nc(N2CCN(Cc4ccc(C(C)(C)C)cc4)CC2)n3Cc2cccc(CCn3c(=O)[nH]c(=O)c4c3nc(N3CCN(Cc5ccc(C(C)(C)C)cc5)CC3)n4Cc3ccccc3F)c2F)c1F. The number of piperazine rings is 3. The molecule has 3 fully saturated rings. The second-order valence-electron chi connectivity index (χ2n) is 34.9. The number of aryl methyl sites for hydroxylation is 4. The van der Waals surface area contributed by atoms with Crippen LogP contribution < -0.4 is 48.4 Å². The van der Waals surface area contributed by atoms with Gasteiger partial charge in [0, 0.05) is 134 Å². The Bertz CT molecular complexity index is 6000. The molecule has 3 N–H and O–H groups in total. The zero-order valence-electron chi connectivity index (χ0n) is 68.3. The highest BCUT2D eigenvalue weighted by Gasteiger charge is 2.33. The maximum absolute atomic E-state index is 17.8. The lowest BCUT2D eigenvalue weighted by atomic mass is 9.87. The third-order valence-corrected chi connectivity index (χ3v) is 23.4. The van der Waals surface area contributed by atoms with Gasteiger partial charge in [0.1, 0.15) is 17.5 Å². The minimum Gasteiger partial charge on any atom is -0.340 e. The molecule has 24 nitrogen and oxygen atoms in total. The maximum Gasteiger partial charge on any atom is 0.330 e. The summed E-state index contributed by atoms with van der Waals surface area (Å²) in [5, 5.41) is 0. The van der Waals surface area contributed by atoms with Gasteiger partial charge in [0.2, 0.25) is 17.8 Å². The molecule has 9 heterocycles. The Labute approximate surface area is 671 Å². The van der Waals surface area contributed by atoms with Gasteiger partial charge in [-0.2, -0.15) is 15.0 Å². The van der Waals surface area contributed by atoms with Gasteiger partial charge in [-0.3, -0.25) is 71.4 Å². The number of hydrogen-bond acceptors (Lipinski definition) is 15. The Morgan fingerprint density at radius 3 is 1.06 bits per heavy atom. The van der Waals surface area contributed by atoms with E-state index in [0.717, 1.165) is 18.7 Å². The molecule has 3 saturated heterocycles. The summed E-state index contributed by atoms with van der Waals surface area (Å²) in [6.07, 6.45) is 0.316. The molecule has 6 aromatic carbocycles. The lowest BCUT2D eigenvalue weighted by Gasteiger charge is -2.35. The zero-order valence-corrected chi connectivity index (χ0v) is 68.3. The molecule has 0 saturated carbocycles. The smallest absolute Gasteiger partial charge is 0.330 e. The van der Waals surface area contributed by atoms with Crippen LogP contribution in [-0.2, 0) is 81.4 Å². The number of nitrogens with one attached hydrogen (secondary N) is 3. The monoisotopic (exact) mass is 1580 g/mol. The molecular formula is C89H105F3N18O6. The van der Waals surface area contributed by atoms with Gasteiger partial charge in [-0.25, -0.2) is 27.6 Å². The largest absolute Gasteiger partial charge is 0.340 e. The molecule has 15 rings (SSSR count). The molecule has 0 unspecified atom stereocenters. The van der Waals surface area contributed by atoms with E-state index in [9.17, 15) is 28.8 Å². The molecule has 3 aliphatic rings. The fourth-order valence-corrected chi connectivity index (χ4v) is 16.6. The van der Waals surface area contributed by atoms with Gasteiger partial charge >= 0.3 is 17.1 Å². The first-order valence-corrected chi connectivity index (χ1v) is 40.6. The fraction of sp³-hybridized carbons (Fsp3) is 0.427. The Kier molecular flexibility index (Phi) is 22.4. The number of H-pyrrole nitrogens is 3. The van der Waals surface area contributed by atoms with E-state index in [2.05, 4.69) is 179 Å². The van der Waals surface area contributed by atoms with E-state index in [0.29, 0.717) is 114 Å². The van der Waals surface area contributed by atoms with Crippen LogP contribution in [0, 0.1) is 17.5 Å². The van der Waals surface area contributed by atoms with Crippen LogP contribution in [0.15, 0.2) is 162 Å². The number of rotatable bonds is 23. The van der Waals surface area contributed by atoms with Crippen LogP contribution in [-0.4, -0.2) is 151 Å². The first-order valence-electron chi connectivity index (χ1n) is 40.6. The Morgan fingerprint density at radius 2 is 0.681 bits per heavy atom. The average Bonchev–Trinajstić information content (AvgIpc) is 1.61. The van der Waals surface area contributed by atoms with E-state index >= 15 is 13.2 Å². The highest BCUT2D eigenvalue weighted by atomic mass is 19.1. The summed E-state index contributed by atoms with van der Waals surface area (Å²) >= 11 is 0. The van der Waals surface area contributed by atoms with Gasteiger partial charge in [-0.1, -0.05) is 190 Å². The lowest BCUT2D eigenvalue weighted by molar-refractivity contribution is 0.248. The van der Waals surface area contributed by atoms with Crippen molar-refractivity contribution < 1.29 is 13.2 Å². The maximum atomic E-state index is 17.8. The van der Waals surface area contributed by atoms with Crippen LogP contribution in [0.3, 0.4) is 0 Å². The van der Waals surface area contributed by atoms with Crippen LogP contribution >= 0.6 is 0 Å². The standard InChI is InChI=1S/C89H105F3N18O6/c1-57(2)110-77-74(80(113)98-86(110)116)109(83(95-77)104-49-43-101(44-50-104)53-60-28-34-68(35-29-60)89(9,10)11)56-64-20-14-18-61(70(64)91)22-16-37-105-75-72(78(111)96-84(105)114)108(82(93-75)103-47-41-100(42-48-103)52-59-26-32-67(33-27-59)88(6,7)8)55-65-21-15-19-62(71(65)92)36-38-106-76-73(79(112)97-85(106)115)107(54-63-17-12-13-23-69(63)90)81(94-76)102-45-39-99(40-46-102)51-58-24-30-66(31-25-58)87(3,4)5/h12-15,17-21,23-35,57H,16,22,36-56H2,1-11H3,(H,96,111,114)(H,97,112,115)(H,98,113,116). The van der Waals surface area contributed by atoms with Crippen molar-refractivity contribution in [2.45, 2.75) is 170 Å². The number of imidazole rings is 3. The highest BCUT2D eigenvalue weighted by Crippen LogP contribution is 2.33. The van der Waals surface area contributed by atoms with Gasteiger partial charge in [0.25, 0.3) is 16.7 Å². The van der Waals surface area contributed by atoms with Crippen molar-refractivity contribution in [3.8, 4) is 0 Å². The summed E-state index contributed by atoms with van der Waals surface area (Å²) in [7, 11) is 0. The Morgan fingerprint density at radius 1 is 0.353 bits per heavy atom. The van der Waals surface area contributed by atoms with Gasteiger partial charge in [-0.05, 0) is 99.9 Å². The van der Waals surface area contributed by atoms with E-state index in [-0.39, 0.29) is 124 Å². The van der Waals surface area contributed by atoms with E-state index in [1.165, 1.54) is 47.6 Å². The van der Waals surface area contributed by atoms with E-state index in [1.807, 2.05) is 13.8 Å². The molecule has 6 aromatic heterocycles. The van der Waals surface area contributed by atoms with Crippen molar-refractivity contribution >= 4 is 51.3 Å². The number of hydrogen-bond donors (Lipinski definition) is 3. The average molecular weight is 1580 g/mol. The van der Waals surface area contributed by atoms with Crippen LogP contribution in [0.25, 0.3) is 33.5 Å². The number of nitrogens with zero attached hydrogens (tertiary/aromatic N) is 15. The quantitative estimate of drug-likeness (QED) is 0.0540. The zero-order chi connectivity index (χ0) is 81.8. The number of aromatic nitrogens is 12. The molecule has 0 spiro atoms. The van der Waals surface area contributed by atoms with E-state index in [1.54, 1.807) is 68.3 Å². The van der Waals surface area contributed by atoms with Crippen molar-refractivity contribution in [3.63, 3.8) is 0 Å². The molecule has 116 heavy (non-hydrogen) atoms. The molecule has 0 radical (unpaired) electrons. The third kappa shape index (κ3) is 16.7. The topological polar surface area (TPSA) is 237 Å². The molecule has 27 heteroatoms. The summed E-state index contributed by atoms with van der Waals surface area (Å²) in [5.41, 5.74) is 5.19. The van der Waals surface area contributed by atoms with Crippen LogP contribution in [0.1, 0.15) is 150 Å². The fourth-order valence-electron chi connectivity index (χ4n) is 16.6. The molecule has 608 valence electrons. The lowest BCUT2D eigenvalue weighted by Crippen LogP contribution is -2.47. The number of fused-ring (bicyclic) bond motifs is 3. The van der Waals surface area contributed by atoms with Crippen molar-refractivity contribution in [1.82, 2.24) is 72.0 Å². The second kappa shape index (κ2) is 32.5. The van der Waals surface area contributed by atoms with Crippen molar-refractivity contribution in [2.75, 3.05) is 93.2 Å². The minimum atomic E-state index is -0.747. The molecule has 0 amide bonds. The summed E-state index contributed by atoms with van der Waals surface area (Å²) in [6.45, 7) is 32.2. The number of aromatic amines is 3. The van der Waals surface area contributed by atoms with Gasteiger partial charge in [0.15, 0.2) is 33.5 Å². The van der Waals surface area contributed by atoms with Crippen molar-refractivity contribution in [1.29, 1.82) is 0 Å². The second-order valence-corrected chi connectivity index (χ2v) is 34.9. The Hall–Kier alpha value is -11.2. The summed E-state index contributed by atoms with van der Waals surface area (Å²) in [6, 6.07) is 42.1. The van der Waals surface area contributed by atoms with Crippen LogP contribution in [0.5, 0.6) is 0 Å². The minimum absolute atomic E-state index is 0.00507. The van der Waals surface area contributed by atoms with Gasteiger partial charge < -0.3 is 14.7 Å². The van der Waals surface area contributed by atoms with Crippen LogP contribution in [0.2, 0.25) is 0 Å². The number of anilines is 3. The van der Waals surface area contributed by atoms with E-state index in [4.69, 9.17) is 15.0 Å². The normalized spacial score (nSPS) is 15.2. The van der Waals surface area contributed by atoms with Gasteiger partial charge in [-0.15, -0.1) is 0 Å². The summed E-state index contributed by atoms with van der Waals surface area (Å²) in [4.78, 5) is 121. The van der Waals surface area contributed by atoms with Crippen molar-refractivity contribution in [3.05, 3.63) is 275 Å². The number of benzene rings is 6. The third-order valence-electron chi connectivity index (χ3n) is 23.4. The van der Waals surface area contributed by atoms with Crippen LogP contribution in [0.4, 0.5) is 31.0 Å². The predicted molar refractivity (Wildman–Crippen MR) is 451 cm³/mol. The first kappa shape index (κ1) is 80.0. The predicted octanol–water partition coefficient (Wildman–Crippen LogP) is 11.2. The molecule has 0 aliphatic carbocycles. The van der Waals surface area contributed by atoms with E-state index < -0.39 is 51.2 Å². The molecule has 0 atom stereocenters. The summed E-state index contributed by atoms with van der Waals surface area (Å²) < 4.78 is 60.1. The molecular weight excluding hydrogens is 1470 g/mol. The first-order chi connectivity index (χ1) is 55.4. The number of halogens is 3. The molecule has 0 bridgehead atoms. The highest BCUT2D eigenvalue weighted by molar-refractivity contribution is 5.77. The molecule has 3 aliphatic heterocycles. The summed E-state index contributed by atoms with van der Waals surface area (Å²) in [5.74, 6) is -0.397. The van der Waals surface area contributed by atoms with Gasteiger partial charge in [0.05, 0.1) is 19.6 Å².